The van der Waals surface area contributed by atoms with E-state index in [0.29, 0.717) is 31.1 Å². The Labute approximate surface area is 230 Å². The zero-order valence-corrected chi connectivity index (χ0v) is 23.6. The van der Waals surface area contributed by atoms with Crippen molar-refractivity contribution in [2.24, 2.45) is 5.41 Å². The van der Waals surface area contributed by atoms with Gasteiger partial charge < -0.3 is 19.9 Å². The Morgan fingerprint density at radius 1 is 1.11 bits per heavy atom. The van der Waals surface area contributed by atoms with Gasteiger partial charge in [-0.25, -0.2) is 13.2 Å². The molecule has 0 saturated carbocycles. The standard InChI is InChI=1S/C28H36ClN3O5S/c1-3-37-27(34)30-25(22-5-4-6-23(29)19-22)11-15-31-16-12-28(13-17-31)14-18-32(26(28)33)20-21-7-9-24(10-8-21)38(2,35)36/h4-10,19,25H,3,11-18,20H2,1-2H3,(H,30,34). The van der Waals surface area contributed by atoms with Crippen LogP contribution in [0.4, 0.5) is 4.79 Å². The van der Waals surface area contributed by atoms with Gasteiger partial charge in [0.1, 0.15) is 0 Å². The molecule has 2 aliphatic heterocycles. The molecule has 2 aromatic carbocycles. The third kappa shape index (κ3) is 6.87. The maximum absolute atomic E-state index is 13.4. The second-order valence-corrected chi connectivity index (χ2v) is 12.7. The molecule has 2 aliphatic rings. The van der Waals surface area contributed by atoms with E-state index in [-0.39, 0.29) is 22.3 Å². The molecule has 2 saturated heterocycles. The van der Waals surface area contributed by atoms with Crippen LogP contribution in [-0.2, 0) is 25.9 Å². The Kier molecular flexibility index (Phi) is 9.00. The van der Waals surface area contributed by atoms with Gasteiger partial charge in [-0.2, -0.15) is 0 Å². The molecule has 0 aromatic heterocycles. The number of hydrogen-bond acceptors (Lipinski definition) is 6. The summed E-state index contributed by atoms with van der Waals surface area (Å²) in [6.45, 7) is 5.72. The lowest BCUT2D eigenvalue weighted by molar-refractivity contribution is -0.138. The number of halogens is 1. The van der Waals surface area contributed by atoms with Crippen molar-refractivity contribution in [1.82, 2.24) is 15.1 Å². The lowest BCUT2D eigenvalue weighted by Gasteiger charge is -2.38. The summed E-state index contributed by atoms with van der Waals surface area (Å²) in [5.41, 5.74) is 1.55. The lowest BCUT2D eigenvalue weighted by atomic mass is 9.77. The van der Waals surface area contributed by atoms with Crippen LogP contribution < -0.4 is 5.32 Å². The molecule has 1 spiro atoms. The van der Waals surface area contributed by atoms with Gasteiger partial charge in [0.2, 0.25) is 5.91 Å². The van der Waals surface area contributed by atoms with Crippen LogP contribution in [0.1, 0.15) is 49.8 Å². The fourth-order valence-corrected chi connectivity index (χ4v) is 6.28. The van der Waals surface area contributed by atoms with E-state index in [1.807, 2.05) is 29.2 Å². The molecule has 1 unspecified atom stereocenters. The number of rotatable bonds is 9. The summed E-state index contributed by atoms with van der Waals surface area (Å²) in [7, 11) is -3.24. The summed E-state index contributed by atoms with van der Waals surface area (Å²) in [5, 5.41) is 3.58. The first kappa shape index (κ1) is 28.4. The lowest BCUT2D eigenvalue weighted by Crippen LogP contribution is -2.45. The topological polar surface area (TPSA) is 96.0 Å². The number of nitrogens with one attached hydrogen (secondary N) is 1. The number of sulfone groups is 1. The normalized spacial score (nSPS) is 18.5. The van der Waals surface area contributed by atoms with Crippen molar-refractivity contribution in [2.45, 2.75) is 50.1 Å². The first-order valence-corrected chi connectivity index (χ1v) is 15.4. The fourth-order valence-electron chi connectivity index (χ4n) is 5.45. The second-order valence-electron chi connectivity index (χ2n) is 10.3. The van der Waals surface area contributed by atoms with Crippen molar-refractivity contribution in [2.75, 3.05) is 39.0 Å². The molecule has 10 heteroatoms. The van der Waals surface area contributed by atoms with Crippen LogP contribution in [0.2, 0.25) is 5.02 Å². The highest BCUT2D eigenvalue weighted by molar-refractivity contribution is 7.90. The van der Waals surface area contributed by atoms with Crippen LogP contribution >= 0.6 is 11.6 Å². The van der Waals surface area contributed by atoms with Crippen LogP contribution in [0, 0.1) is 5.41 Å². The Bertz CT molecular complexity index is 1240. The van der Waals surface area contributed by atoms with Crippen LogP contribution in [0.15, 0.2) is 53.4 Å². The maximum atomic E-state index is 13.4. The molecule has 1 N–H and O–H groups in total. The van der Waals surface area contributed by atoms with Crippen LogP contribution in [-0.4, -0.2) is 69.3 Å². The van der Waals surface area contributed by atoms with E-state index in [2.05, 4.69) is 10.2 Å². The summed E-state index contributed by atoms with van der Waals surface area (Å²) >= 11 is 6.19. The summed E-state index contributed by atoms with van der Waals surface area (Å²) in [5.74, 6) is 0.199. The number of piperidine rings is 1. The molecule has 4 rings (SSSR count). The molecule has 0 radical (unpaired) electrons. The van der Waals surface area contributed by atoms with Crippen LogP contribution in [0.25, 0.3) is 0 Å². The molecule has 2 heterocycles. The number of carbonyl (C=O) groups is 2. The number of nitrogens with zero attached hydrogens (tertiary/aromatic N) is 2. The number of benzene rings is 2. The first-order valence-electron chi connectivity index (χ1n) is 13.1. The van der Waals surface area contributed by atoms with Crippen molar-refractivity contribution >= 4 is 33.4 Å². The molecule has 0 bridgehead atoms. The molecule has 38 heavy (non-hydrogen) atoms. The minimum absolute atomic E-state index is 0.199. The van der Waals surface area contributed by atoms with E-state index in [0.717, 1.165) is 50.0 Å². The van der Waals surface area contributed by atoms with Crippen molar-refractivity contribution in [1.29, 1.82) is 0 Å². The van der Waals surface area contributed by atoms with E-state index in [1.54, 1.807) is 31.2 Å². The fraction of sp³-hybridized carbons (Fsp3) is 0.500. The van der Waals surface area contributed by atoms with Gasteiger partial charge in [0, 0.05) is 30.9 Å². The van der Waals surface area contributed by atoms with Crippen molar-refractivity contribution in [3.63, 3.8) is 0 Å². The van der Waals surface area contributed by atoms with E-state index in [4.69, 9.17) is 16.3 Å². The van der Waals surface area contributed by atoms with Gasteiger partial charge in [-0.3, -0.25) is 4.79 Å². The highest BCUT2D eigenvalue weighted by Crippen LogP contribution is 2.42. The van der Waals surface area contributed by atoms with Crippen molar-refractivity contribution < 1.29 is 22.7 Å². The van der Waals surface area contributed by atoms with Gasteiger partial charge in [-0.05, 0) is 81.1 Å². The smallest absolute Gasteiger partial charge is 0.407 e. The Morgan fingerprint density at radius 3 is 2.42 bits per heavy atom. The highest BCUT2D eigenvalue weighted by Gasteiger charge is 2.47. The van der Waals surface area contributed by atoms with Gasteiger partial charge in [0.05, 0.1) is 23.0 Å². The number of carbonyl (C=O) groups excluding carboxylic acids is 2. The van der Waals surface area contributed by atoms with Gasteiger partial charge in [-0.1, -0.05) is 35.9 Å². The number of hydrogen-bond donors (Lipinski definition) is 1. The molecular weight excluding hydrogens is 526 g/mol. The largest absolute Gasteiger partial charge is 0.450 e. The molecular formula is C28H36ClN3O5S. The van der Waals surface area contributed by atoms with Crippen LogP contribution in [0.3, 0.4) is 0 Å². The SMILES string of the molecule is CCOC(=O)NC(CCN1CCC2(CC1)CCN(Cc1ccc(S(C)(=O)=O)cc1)C2=O)c1cccc(Cl)c1. The minimum Gasteiger partial charge on any atom is -0.450 e. The third-order valence-corrected chi connectivity index (χ3v) is 9.06. The van der Waals surface area contributed by atoms with E-state index in [9.17, 15) is 18.0 Å². The average molecular weight is 562 g/mol. The first-order chi connectivity index (χ1) is 18.1. The zero-order valence-electron chi connectivity index (χ0n) is 22.0. The summed E-state index contributed by atoms with van der Waals surface area (Å²) in [4.78, 5) is 30.1. The zero-order chi connectivity index (χ0) is 27.3. The van der Waals surface area contributed by atoms with Crippen LogP contribution in [0.5, 0.6) is 0 Å². The Hall–Kier alpha value is -2.62. The number of alkyl carbamates (subject to hydrolysis) is 1. The molecule has 0 aliphatic carbocycles. The summed E-state index contributed by atoms with van der Waals surface area (Å²) in [6.07, 6.45) is 3.91. The average Bonchev–Trinajstić information content (AvgIpc) is 3.17. The molecule has 1 atom stereocenters. The second kappa shape index (κ2) is 12.1. The summed E-state index contributed by atoms with van der Waals surface area (Å²) < 4.78 is 28.5. The Morgan fingerprint density at radius 2 is 1.79 bits per heavy atom. The van der Waals surface area contributed by atoms with E-state index < -0.39 is 15.9 Å². The predicted molar refractivity (Wildman–Crippen MR) is 147 cm³/mol. The maximum Gasteiger partial charge on any atom is 0.407 e. The molecule has 206 valence electrons. The van der Waals surface area contributed by atoms with E-state index in [1.165, 1.54) is 6.26 Å². The molecule has 2 fully saturated rings. The molecule has 2 aromatic rings. The number of likely N-dealkylation sites (tertiary alicyclic amines) is 2. The highest BCUT2D eigenvalue weighted by atomic mass is 35.5. The monoisotopic (exact) mass is 561 g/mol. The predicted octanol–water partition coefficient (Wildman–Crippen LogP) is 4.44. The van der Waals surface area contributed by atoms with Crippen molar-refractivity contribution in [3.8, 4) is 0 Å². The van der Waals surface area contributed by atoms with Crippen molar-refractivity contribution in [3.05, 3.63) is 64.7 Å². The van der Waals surface area contributed by atoms with Gasteiger partial charge in [0.15, 0.2) is 9.84 Å². The number of ether oxygens (including phenoxy) is 1. The third-order valence-electron chi connectivity index (χ3n) is 7.69. The molecule has 2 amide bonds. The summed E-state index contributed by atoms with van der Waals surface area (Å²) in [6, 6.07) is 14.1. The Balaban J connectivity index is 1.31. The quantitative estimate of drug-likeness (QED) is 0.486. The van der Waals surface area contributed by atoms with Gasteiger partial charge in [-0.15, -0.1) is 0 Å². The number of amides is 2. The van der Waals surface area contributed by atoms with E-state index >= 15 is 0 Å². The van der Waals surface area contributed by atoms with Gasteiger partial charge >= 0.3 is 6.09 Å². The molecule has 8 nitrogen and oxygen atoms in total. The minimum atomic E-state index is -3.24. The van der Waals surface area contributed by atoms with Gasteiger partial charge in [0.25, 0.3) is 0 Å².